The highest BCUT2D eigenvalue weighted by molar-refractivity contribution is 7.99. The molecule has 3 rings (SSSR count). The number of anilines is 1. The molecule has 0 aliphatic carbocycles. The molecule has 1 heterocycles. The van der Waals surface area contributed by atoms with Gasteiger partial charge in [0.25, 0.3) is 5.22 Å². The van der Waals surface area contributed by atoms with Crippen molar-refractivity contribution in [1.82, 2.24) is 10.2 Å². The molecule has 6 nitrogen and oxygen atoms in total. The summed E-state index contributed by atoms with van der Waals surface area (Å²) in [6.07, 6.45) is 0.678. The van der Waals surface area contributed by atoms with Crippen molar-refractivity contribution in [1.29, 1.82) is 0 Å². The van der Waals surface area contributed by atoms with E-state index < -0.39 is 0 Å². The van der Waals surface area contributed by atoms with Crippen LogP contribution in [0.15, 0.2) is 64.2 Å². The number of aryl methyl sites for hydroxylation is 1. The molecule has 0 unspecified atom stereocenters. The first-order valence-electron chi connectivity index (χ1n) is 7.81. The summed E-state index contributed by atoms with van der Waals surface area (Å²) < 4.78 is 11.1. The zero-order valence-corrected chi connectivity index (χ0v) is 14.5. The van der Waals surface area contributed by atoms with Gasteiger partial charge in [-0.1, -0.05) is 36.9 Å². The number of hydrogen-bond acceptors (Lipinski definition) is 6. The summed E-state index contributed by atoms with van der Waals surface area (Å²) in [5.74, 6) is 2.10. The number of para-hydroxylation sites is 1. The molecule has 0 spiro atoms. The first-order chi connectivity index (χ1) is 12.2. The van der Waals surface area contributed by atoms with E-state index in [1.807, 2.05) is 37.3 Å². The van der Waals surface area contributed by atoms with Gasteiger partial charge in [0.15, 0.2) is 0 Å². The van der Waals surface area contributed by atoms with Gasteiger partial charge in [0, 0.05) is 12.1 Å². The summed E-state index contributed by atoms with van der Waals surface area (Å²) in [5.41, 5.74) is 0.700. The first kappa shape index (κ1) is 17.0. The molecule has 1 N–H and O–H groups in total. The Kier molecular flexibility index (Phi) is 5.69. The van der Waals surface area contributed by atoms with Crippen LogP contribution in [-0.2, 0) is 11.2 Å². The van der Waals surface area contributed by atoms with Crippen LogP contribution in [0.25, 0.3) is 0 Å². The van der Waals surface area contributed by atoms with Crippen molar-refractivity contribution in [2.24, 2.45) is 0 Å². The second-order valence-corrected chi connectivity index (χ2v) is 6.02. The van der Waals surface area contributed by atoms with Gasteiger partial charge in [-0.3, -0.25) is 4.79 Å². The van der Waals surface area contributed by atoms with E-state index in [2.05, 4.69) is 15.5 Å². The lowest BCUT2D eigenvalue weighted by Crippen LogP contribution is -2.13. The number of carbonyl (C=O) groups excluding carboxylic acids is 1. The maximum absolute atomic E-state index is 12.0. The predicted molar refractivity (Wildman–Crippen MR) is 96.0 cm³/mol. The van der Waals surface area contributed by atoms with Gasteiger partial charge in [0.05, 0.1) is 5.75 Å². The maximum Gasteiger partial charge on any atom is 0.277 e. The molecule has 0 aliphatic rings. The van der Waals surface area contributed by atoms with Gasteiger partial charge in [0.1, 0.15) is 11.5 Å². The molecule has 0 atom stereocenters. The second kappa shape index (κ2) is 8.34. The molecule has 0 aliphatic heterocycles. The van der Waals surface area contributed by atoms with Gasteiger partial charge in [-0.15, -0.1) is 10.2 Å². The number of amides is 1. The van der Waals surface area contributed by atoms with Crippen LogP contribution in [-0.4, -0.2) is 21.9 Å². The standard InChI is InChI=1S/C18H17N3O3S/c1-2-17-20-21-18(24-17)25-12-16(22)19-13-8-10-15(11-9-13)23-14-6-4-3-5-7-14/h3-11H,2,12H2,1H3,(H,19,22). The van der Waals surface area contributed by atoms with Gasteiger partial charge >= 0.3 is 0 Å². The Labute approximate surface area is 149 Å². The number of hydrogen-bond donors (Lipinski definition) is 1. The number of ether oxygens (including phenoxy) is 1. The first-order valence-corrected chi connectivity index (χ1v) is 8.79. The third-order valence-corrected chi connectivity index (χ3v) is 4.01. The molecular weight excluding hydrogens is 338 g/mol. The van der Waals surface area contributed by atoms with E-state index in [9.17, 15) is 4.79 Å². The topological polar surface area (TPSA) is 77.2 Å². The monoisotopic (exact) mass is 355 g/mol. The predicted octanol–water partition coefficient (Wildman–Crippen LogP) is 4.16. The minimum Gasteiger partial charge on any atom is -0.457 e. The van der Waals surface area contributed by atoms with Crippen LogP contribution in [0.1, 0.15) is 12.8 Å². The van der Waals surface area contributed by atoms with Gasteiger partial charge in [-0.2, -0.15) is 0 Å². The Balaban J connectivity index is 1.49. The van der Waals surface area contributed by atoms with Crippen LogP contribution in [0, 0.1) is 0 Å². The lowest BCUT2D eigenvalue weighted by Gasteiger charge is -2.07. The zero-order valence-electron chi connectivity index (χ0n) is 13.6. The lowest BCUT2D eigenvalue weighted by molar-refractivity contribution is -0.113. The summed E-state index contributed by atoms with van der Waals surface area (Å²) in [6.45, 7) is 1.93. The molecule has 25 heavy (non-hydrogen) atoms. The van der Waals surface area contributed by atoms with Crippen molar-refractivity contribution < 1.29 is 13.9 Å². The highest BCUT2D eigenvalue weighted by Gasteiger charge is 2.09. The van der Waals surface area contributed by atoms with Crippen molar-refractivity contribution in [3.8, 4) is 11.5 Å². The Morgan fingerprint density at radius 2 is 1.80 bits per heavy atom. The average molecular weight is 355 g/mol. The highest BCUT2D eigenvalue weighted by atomic mass is 32.2. The van der Waals surface area contributed by atoms with Gasteiger partial charge in [0.2, 0.25) is 11.8 Å². The largest absolute Gasteiger partial charge is 0.457 e. The maximum atomic E-state index is 12.0. The van der Waals surface area contributed by atoms with Crippen LogP contribution in [0.5, 0.6) is 11.5 Å². The number of aromatic nitrogens is 2. The Morgan fingerprint density at radius 3 is 2.48 bits per heavy atom. The molecule has 3 aromatic rings. The number of rotatable bonds is 7. The Bertz CT molecular complexity index is 819. The van der Waals surface area contributed by atoms with E-state index in [1.54, 1.807) is 24.3 Å². The van der Waals surface area contributed by atoms with Crippen molar-refractivity contribution in [2.75, 3.05) is 11.1 Å². The zero-order chi connectivity index (χ0) is 17.5. The SMILES string of the molecule is CCc1nnc(SCC(=O)Nc2ccc(Oc3ccccc3)cc2)o1. The molecular formula is C18H17N3O3S. The minimum absolute atomic E-state index is 0.141. The van der Waals surface area contributed by atoms with Crippen LogP contribution in [0.2, 0.25) is 0 Å². The summed E-state index contributed by atoms with van der Waals surface area (Å²) in [4.78, 5) is 12.0. The van der Waals surface area contributed by atoms with Crippen LogP contribution in [0.4, 0.5) is 5.69 Å². The number of benzene rings is 2. The Morgan fingerprint density at radius 1 is 1.08 bits per heavy atom. The molecule has 7 heteroatoms. The Hall–Kier alpha value is -2.80. The quantitative estimate of drug-likeness (QED) is 0.641. The average Bonchev–Trinajstić information content (AvgIpc) is 3.11. The summed E-state index contributed by atoms with van der Waals surface area (Å²) in [7, 11) is 0. The molecule has 2 aromatic carbocycles. The van der Waals surface area contributed by atoms with Crippen molar-refractivity contribution in [3.05, 3.63) is 60.5 Å². The third kappa shape index (κ3) is 5.09. The molecule has 0 fully saturated rings. The van der Waals surface area contributed by atoms with E-state index in [1.165, 1.54) is 11.8 Å². The van der Waals surface area contributed by atoms with Crippen molar-refractivity contribution in [2.45, 2.75) is 18.6 Å². The number of nitrogens with zero attached hydrogens (tertiary/aromatic N) is 2. The third-order valence-electron chi connectivity index (χ3n) is 3.19. The van der Waals surface area contributed by atoms with Crippen molar-refractivity contribution >= 4 is 23.4 Å². The number of thioether (sulfide) groups is 1. The van der Waals surface area contributed by atoms with E-state index in [4.69, 9.17) is 9.15 Å². The fraction of sp³-hybridized carbons (Fsp3) is 0.167. The summed E-state index contributed by atoms with van der Waals surface area (Å²) in [5, 5.41) is 10.9. The van der Waals surface area contributed by atoms with Crippen molar-refractivity contribution in [3.63, 3.8) is 0 Å². The lowest BCUT2D eigenvalue weighted by atomic mass is 10.3. The summed E-state index contributed by atoms with van der Waals surface area (Å²) in [6, 6.07) is 16.7. The van der Waals surface area contributed by atoms with Gasteiger partial charge < -0.3 is 14.5 Å². The minimum atomic E-state index is -0.141. The van der Waals surface area contributed by atoms with Gasteiger partial charge in [-0.05, 0) is 36.4 Å². The van der Waals surface area contributed by atoms with E-state index in [0.29, 0.717) is 29.0 Å². The van der Waals surface area contributed by atoms with Crippen LogP contribution >= 0.6 is 11.8 Å². The molecule has 0 radical (unpaired) electrons. The molecule has 0 bridgehead atoms. The fourth-order valence-corrected chi connectivity index (χ4v) is 2.58. The van der Waals surface area contributed by atoms with Crippen LogP contribution in [0.3, 0.4) is 0 Å². The number of carbonyl (C=O) groups is 1. The smallest absolute Gasteiger partial charge is 0.277 e. The molecule has 0 saturated heterocycles. The van der Waals surface area contributed by atoms with E-state index in [0.717, 1.165) is 5.75 Å². The molecule has 1 amide bonds. The fourth-order valence-electron chi connectivity index (χ4n) is 1.99. The second-order valence-electron chi connectivity index (χ2n) is 5.09. The molecule has 128 valence electrons. The normalized spacial score (nSPS) is 10.4. The van der Waals surface area contributed by atoms with E-state index >= 15 is 0 Å². The van der Waals surface area contributed by atoms with Crippen LogP contribution < -0.4 is 10.1 Å². The van der Waals surface area contributed by atoms with E-state index in [-0.39, 0.29) is 11.7 Å². The summed E-state index contributed by atoms with van der Waals surface area (Å²) >= 11 is 1.21. The molecule has 0 saturated carbocycles. The molecule has 1 aromatic heterocycles. The van der Waals surface area contributed by atoms with Gasteiger partial charge in [-0.25, -0.2) is 0 Å². The highest BCUT2D eigenvalue weighted by Crippen LogP contribution is 2.23. The number of nitrogens with one attached hydrogen (secondary N) is 1.